The Morgan fingerprint density at radius 2 is 2.21 bits per heavy atom. The molecule has 4 heterocycles. The van der Waals surface area contributed by atoms with Crippen LogP contribution in [0.15, 0.2) is 35.3 Å². The van der Waals surface area contributed by atoms with Gasteiger partial charge in [-0.15, -0.1) is 0 Å². The quantitative estimate of drug-likeness (QED) is 0.420. The third kappa shape index (κ3) is 5.12. The number of benzene rings is 1. The van der Waals surface area contributed by atoms with Crippen LogP contribution in [0.5, 0.6) is 0 Å². The highest BCUT2D eigenvalue weighted by atomic mass is 32.2. The maximum atomic E-state index is 13.2. The first kappa shape index (κ1) is 26.8. The van der Waals surface area contributed by atoms with Crippen LogP contribution in [0.2, 0.25) is 0 Å². The zero-order valence-corrected chi connectivity index (χ0v) is 22.6. The molecule has 3 atom stereocenters. The van der Waals surface area contributed by atoms with Gasteiger partial charge in [-0.1, -0.05) is 6.92 Å². The monoisotopic (exact) mass is 550 g/mol. The maximum absolute atomic E-state index is 13.2. The molecule has 12 heteroatoms. The van der Waals surface area contributed by atoms with Crippen LogP contribution >= 0.6 is 11.8 Å². The number of hydrogen-bond acceptors (Lipinski definition) is 8. The summed E-state index contributed by atoms with van der Waals surface area (Å²) < 4.78 is 7.25. The number of H-pyrrole nitrogens is 1. The molecule has 5 rings (SSSR count). The van der Waals surface area contributed by atoms with Crippen molar-refractivity contribution < 1.29 is 19.4 Å². The van der Waals surface area contributed by atoms with E-state index in [9.17, 15) is 24.8 Å². The molecule has 0 saturated carbocycles. The summed E-state index contributed by atoms with van der Waals surface area (Å²) in [5.74, 6) is 0.180. The van der Waals surface area contributed by atoms with Crippen molar-refractivity contribution in [1.29, 1.82) is 5.26 Å². The zero-order valence-electron chi connectivity index (χ0n) is 21.8. The number of rotatable bonds is 6. The first-order valence-electron chi connectivity index (χ1n) is 12.8. The van der Waals surface area contributed by atoms with Gasteiger partial charge in [0.2, 0.25) is 0 Å². The minimum Gasteiger partial charge on any atom is -0.479 e. The number of pyridine rings is 1. The van der Waals surface area contributed by atoms with Crippen molar-refractivity contribution in [1.82, 2.24) is 19.7 Å². The number of aryl methyl sites for hydroxylation is 1. The minimum absolute atomic E-state index is 0.00720. The fraction of sp³-hybridized carbons (Fsp3) is 0.444. The molecule has 0 radical (unpaired) electrons. The molecular formula is C27H30N6O5S. The van der Waals surface area contributed by atoms with Crippen molar-refractivity contribution in [3.63, 3.8) is 0 Å². The molecule has 0 bridgehead atoms. The largest absolute Gasteiger partial charge is 0.479 e. The third-order valence-corrected chi connectivity index (χ3v) is 8.55. The lowest BCUT2D eigenvalue weighted by Crippen LogP contribution is -2.46. The van der Waals surface area contributed by atoms with Crippen molar-refractivity contribution in [3.8, 4) is 6.07 Å². The molecule has 11 nitrogen and oxygen atoms in total. The van der Waals surface area contributed by atoms with Crippen molar-refractivity contribution in [2.75, 3.05) is 30.8 Å². The molecule has 2 fully saturated rings. The van der Waals surface area contributed by atoms with Gasteiger partial charge in [-0.3, -0.25) is 14.3 Å². The summed E-state index contributed by atoms with van der Waals surface area (Å²) in [6.07, 6.45) is 1.17. The van der Waals surface area contributed by atoms with Gasteiger partial charge >= 0.3 is 5.97 Å². The second-order valence-corrected chi connectivity index (χ2v) is 11.7. The molecule has 1 aromatic carbocycles. The third-order valence-electron chi connectivity index (χ3n) is 7.41. The van der Waals surface area contributed by atoms with E-state index < -0.39 is 17.6 Å². The minimum atomic E-state index is -1.05. The van der Waals surface area contributed by atoms with Gasteiger partial charge in [-0.2, -0.15) is 22.1 Å². The van der Waals surface area contributed by atoms with E-state index in [1.54, 1.807) is 22.9 Å². The normalized spacial score (nSPS) is 23.4. The van der Waals surface area contributed by atoms with E-state index >= 15 is 0 Å². The highest BCUT2D eigenvalue weighted by molar-refractivity contribution is 7.99. The van der Waals surface area contributed by atoms with Crippen LogP contribution in [0.1, 0.15) is 42.1 Å². The lowest BCUT2D eigenvalue weighted by atomic mass is 9.87. The number of fused-ring (bicyclic) bond motifs is 1. The van der Waals surface area contributed by atoms with E-state index in [0.29, 0.717) is 39.6 Å². The van der Waals surface area contributed by atoms with Gasteiger partial charge in [-0.05, 0) is 49.6 Å². The van der Waals surface area contributed by atoms with E-state index in [1.165, 1.54) is 6.20 Å². The van der Waals surface area contributed by atoms with Crippen molar-refractivity contribution in [3.05, 3.63) is 51.9 Å². The molecule has 3 unspecified atom stereocenters. The number of nitriles is 1. The zero-order chi connectivity index (χ0) is 27.7. The van der Waals surface area contributed by atoms with Crippen LogP contribution in [0.25, 0.3) is 10.9 Å². The average Bonchev–Trinajstić information content (AvgIpc) is 3.29. The Balaban J connectivity index is 1.48. The van der Waals surface area contributed by atoms with Crippen LogP contribution in [-0.4, -0.2) is 73.5 Å². The number of nitrogens with one attached hydrogen (secondary N) is 2. The molecule has 1 amide bonds. The average molecular weight is 551 g/mol. The second kappa shape index (κ2) is 10.7. The molecular weight excluding hydrogens is 520 g/mol. The number of amides is 1. The molecule has 2 aromatic heterocycles. The van der Waals surface area contributed by atoms with Gasteiger partial charge in [0.1, 0.15) is 5.39 Å². The molecule has 3 N–H and O–H groups in total. The summed E-state index contributed by atoms with van der Waals surface area (Å²) in [6, 6.07) is 9.32. The number of carbonyl (C=O) groups is 2. The van der Waals surface area contributed by atoms with Gasteiger partial charge < -0.3 is 25.0 Å². The summed E-state index contributed by atoms with van der Waals surface area (Å²) in [7, 11) is 0. The van der Waals surface area contributed by atoms with Crippen LogP contribution in [0, 0.1) is 18.3 Å². The number of carbonyl (C=O) groups excluding carboxylic acids is 1. The van der Waals surface area contributed by atoms with Gasteiger partial charge in [0.25, 0.3) is 11.5 Å². The number of aromatic amines is 1. The summed E-state index contributed by atoms with van der Waals surface area (Å²) in [5.41, 5.74) is 1.32. The van der Waals surface area contributed by atoms with E-state index in [1.807, 2.05) is 29.7 Å². The summed E-state index contributed by atoms with van der Waals surface area (Å²) in [4.78, 5) is 42.1. The Kier molecular flexibility index (Phi) is 7.38. The number of hydrogen-bond donors (Lipinski definition) is 3. The molecule has 2 saturated heterocycles. The number of anilines is 2. The van der Waals surface area contributed by atoms with Crippen LogP contribution in [0.4, 0.5) is 11.5 Å². The Morgan fingerprint density at radius 1 is 1.38 bits per heavy atom. The summed E-state index contributed by atoms with van der Waals surface area (Å²) in [5, 5.41) is 27.6. The number of aromatic nitrogens is 3. The Bertz CT molecular complexity index is 1520. The van der Waals surface area contributed by atoms with Crippen LogP contribution in [0.3, 0.4) is 0 Å². The molecule has 2 aliphatic rings. The molecule has 204 valence electrons. The SMILES string of the molecule is Cc1cc(Nc2nn(C3(CC#N)CCC(C(=O)O)OC3)c3cc[nH]c(=O)c23)ccc1C(=O)N1CCSC(C)C1. The van der Waals surface area contributed by atoms with Gasteiger partial charge in [0, 0.05) is 41.5 Å². The summed E-state index contributed by atoms with van der Waals surface area (Å²) in [6.45, 7) is 5.42. The fourth-order valence-electron chi connectivity index (χ4n) is 5.35. The first-order chi connectivity index (χ1) is 18.7. The standard InChI is InChI=1S/C27H30N6O5S/c1-16-13-18(3-4-19(16)25(35)32-11-12-39-17(2)14-32)30-23-22-20(6-10-29-24(22)34)33(31-23)27(8-9-28)7-5-21(26(36)37)38-15-27/h3-4,6,10,13,17,21H,5,7-8,11-12,14-15H2,1-2H3,(H,29,34)(H,30,31)(H,36,37). The highest BCUT2D eigenvalue weighted by Crippen LogP contribution is 2.37. The molecule has 0 aliphatic carbocycles. The number of carboxylic acid groups (broad SMARTS) is 1. The van der Waals surface area contributed by atoms with Crippen molar-refractivity contribution >= 4 is 46.0 Å². The Hall–Kier alpha value is -3.82. The van der Waals surface area contributed by atoms with E-state index in [-0.39, 0.29) is 30.9 Å². The van der Waals surface area contributed by atoms with Gasteiger partial charge in [0.15, 0.2) is 11.9 Å². The highest BCUT2D eigenvalue weighted by Gasteiger charge is 2.42. The Morgan fingerprint density at radius 3 is 2.87 bits per heavy atom. The first-order valence-corrected chi connectivity index (χ1v) is 13.9. The van der Waals surface area contributed by atoms with Crippen molar-refractivity contribution in [2.45, 2.75) is 50.0 Å². The predicted molar refractivity (Wildman–Crippen MR) is 147 cm³/mol. The van der Waals surface area contributed by atoms with Crippen LogP contribution in [-0.2, 0) is 15.1 Å². The fourth-order valence-corrected chi connectivity index (χ4v) is 6.37. The van der Waals surface area contributed by atoms with Crippen molar-refractivity contribution in [2.24, 2.45) is 0 Å². The number of nitrogens with zero attached hydrogens (tertiary/aromatic N) is 4. The van der Waals surface area contributed by atoms with Crippen LogP contribution < -0.4 is 10.9 Å². The second-order valence-electron chi connectivity index (χ2n) is 10.2. The van der Waals surface area contributed by atoms with E-state index in [0.717, 1.165) is 24.4 Å². The van der Waals surface area contributed by atoms with Gasteiger partial charge in [0.05, 0.1) is 30.2 Å². The summed E-state index contributed by atoms with van der Waals surface area (Å²) >= 11 is 1.87. The molecule has 2 aliphatic heterocycles. The molecule has 0 spiro atoms. The topological polar surface area (TPSA) is 153 Å². The number of ether oxygens (including phenoxy) is 1. The van der Waals surface area contributed by atoms with Gasteiger partial charge in [-0.25, -0.2) is 4.79 Å². The van der Waals surface area contributed by atoms with E-state index in [2.05, 4.69) is 23.3 Å². The number of thioether (sulfide) groups is 1. The number of carboxylic acids is 1. The lowest BCUT2D eigenvalue weighted by molar-refractivity contribution is -0.158. The maximum Gasteiger partial charge on any atom is 0.332 e. The predicted octanol–water partition coefficient (Wildman–Crippen LogP) is 3.23. The molecule has 39 heavy (non-hydrogen) atoms. The van der Waals surface area contributed by atoms with E-state index in [4.69, 9.17) is 9.84 Å². The molecule has 3 aromatic rings. The number of aliphatic carboxylic acids is 1. The lowest BCUT2D eigenvalue weighted by Gasteiger charge is -2.38. The Labute approximate surface area is 229 Å². The smallest absolute Gasteiger partial charge is 0.332 e.